The summed E-state index contributed by atoms with van der Waals surface area (Å²) in [6.07, 6.45) is 0.784. The number of carbonyl (C=O) groups is 1. The highest BCUT2D eigenvalue weighted by Crippen LogP contribution is 2.29. The number of methoxy groups -OCH3 is 1. The van der Waals surface area contributed by atoms with Crippen LogP contribution in [0.3, 0.4) is 0 Å². The Balaban J connectivity index is 1.44. The van der Waals surface area contributed by atoms with Crippen LogP contribution in [0.15, 0.2) is 46.2 Å². The molecule has 6 nitrogen and oxygen atoms in total. The number of amides is 2. The summed E-state index contributed by atoms with van der Waals surface area (Å²) in [6.45, 7) is 1.56. The van der Waals surface area contributed by atoms with Crippen molar-refractivity contribution in [1.29, 1.82) is 0 Å². The van der Waals surface area contributed by atoms with Gasteiger partial charge in [-0.25, -0.2) is 9.78 Å². The second kappa shape index (κ2) is 7.31. The molecule has 0 spiro atoms. The van der Waals surface area contributed by atoms with E-state index in [0.717, 1.165) is 29.2 Å². The van der Waals surface area contributed by atoms with Gasteiger partial charge in [0.05, 0.1) is 18.8 Å². The number of hydrogen-bond acceptors (Lipinski definition) is 5. The Morgan fingerprint density at radius 3 is 3.04 bits per heavy atom. The standard InChI is InChI=1S/C19H19N3O3S/c1-24-11-15-12-26-18(20-15)21-19(23)22-8-7-14-9-16(25-17(14)10-22)13-5-3-2-4-6-13/h2-6,9,12H,7-8,10-11H2,1H3,(H,20,21,23). The van der Waals surface area contributed by atoms with Gasteiger partial charge in [0.25, 0.3) is 0 Å². The number of nitrogens with one attached hydrogen (secondary N) is 1. The summed E-state index contributed by atoms with van der Waals surface area (Å²) in [5.41, 5.74) is 3.03. The smallest absolute Gasteiger partial charge is 0.324 e. The van der Waals surface area contributed by atoms with E-state index in [-0.39, 0.29) is 6.03 Å². The molecule has 3 aromatic rings. The lowest BCUT2D eigenvalue weighted by Crippen LogP contribution is -2.38. The molecular weight excluding hydrogens is 350 g/mol. The van der Waals surface area contributed by atoms with Crippen molar-refractivity contribution in [3.63, 3.8) is 0 Å². The highest BCUT2D eigenvalue weighted by molar-refractivity contribution is 7.13. The maximum atomic E-state index is 12.5. The van der Waals surface area contributed by atoms with Crippen molar-refractivity contribution >= 4 is 22.5 Å². The molecule has 4 rings (SSSR count). The highest BCUT2D eigenvalue weighted by atomic mass is 32.1. The van der Waals surface area contributed by atoms with E-state index in [2.05, 4.69) is 16.4 Å². The Hall–Kier alpha value is -2.64. The van der Waals surface area contributed by atoms with Crippen LogP contribution in [0.4, 0.5) is 9.93 Å². The monoisotopic (exact) mass is 369 g/mol. The summed E-state index contributed by atoms with van der Waals surface area (Å²) in [5.74, 6) is 1.70. The normalized spacial score (nSPS) is 13.5. The summed E-state index contributed by atoms with van der Waals surface area (Å²) in [6, 6.07) is 11.9. The molecule has 0 radical (unpaired) electrons. The lowest BCUT2D eigenvalue weighted by Gasteiger charge is -2.25. The zero-order valence-electron chi connectivity index (χ0n) is 14.4. The second-order valence-corrected chi connectivity index (χ2v) is 6.96. The number of ether oxygens (including phenoxy) is 1. The van der Waals surface area contributed by atoms with Gasteiger partial charge in [0, 0.05) is 24.6 Å². The van der Waals surface area contributed by atoms with Gasteiger partial charge in [-0.3, -0.25) is 5.32 Å². The maximum absolute atomic E-state index is 12.5. The Kier molecular flexibility index (Phi) is 4.73. The van der Waals surface area contributed by atoms with Crippen LogP contribution in [-0.4, -0.2) is 29.6 Å². The lowest BCUT2D eigenvalue weighted by molar-refractivity contribution is 0.182. The quantitative estimate of drug-likeness (QED) is 0.750. The molecule has 0 fully saturated rings. The minimum Gasteiger partial charge on any atom is -0.459 e. The minimum atomic E-state index is -0.161. The first-order valence-electron chi connectivity index (χ1n) is 8.39. The van der Waals surface area contributed by atoms with Crippen molar-refractivity contribution < 1.29 is 13.9 Å². The van der Waals surface area contributed by atoms with Crippen molar-refractivity contribution in [2.75, 3.05) is 19.0 Å². The van der Waals surface area contributed by atoms with E-state index in [1.807, 2.05) is 35.7 Å². The molecule has 0 unspecified atom stereocenters. The van der Waals surface area contributed by atoms with Gasteiger partial charge in [0.2, 0.25) is 0 Å². The fraction of sp³-hybridized carbons (Fsp3) is 0.263. The zero-order chi connectivity index (χ0) is 17.9. The number of fused-ring (bicyclic) bond motifs is 1. The number of furan rings is 1. The number of urea groups is 1. The van der Waals surface area contributed by atoms with Gasteiger partial charge in [-0.1, -0.05) is 30.3 Å². The molecule has 0 saturated carbocycles. The van der Waals surface area contributed by atoms with Crippen LogP contribution in [0, 0.1) is 0 Å². The first-order valence-corrected chi connectivity index (χ1v) is 9.27. The molecule has 1 aliphatic rings. The Morgan fingerprint density at radius 2 is 2.23 bits per heavy atom. The molecule has 0 bridgehead atoms. The molecule has 134 valence electrons. The van der Waals surface area contributed by atoms with Crippen molar-refractivity contribution in [3.05, 3.63) is 58.8 Å². The molecule has 1 aliphatic heterocycles. The lowest BCUT2D eigenvalue weighted by atomic mass is 10.1. The molecule has 26 heavy (non-hydrogen) atoms. The van der Waals surface area contributed by atoms with Gasteiger partial charge in [0.1, 0.15) is 11.5 Å². The summed E-state index contributed by atoms with van der Waals surface area (Å²) in [4.78, 5) is 18.6. The number of benzene rings is 1. The number of carbonyl (C=O) groups excluding carboxylic acids is 1. The molecular formula is C19H19N3O3S. The van der Waals surface area contributed by atoms with E-state index >= 15 is 0 Å². The molecule has 0 aliphatic carbocycles. The average molecular weight is 369 g/mol. The molecule has 0 saturated heterocycles. The summed E-state index contributed by atoms with van der Waals surface area (Å²) in [7, 11) is 1.62. The van der Waals surface area contributed by atoms with E-state index in [1.165, 1.54) is 16.9 Å². The molecule has 1 N–H and O–H groups in total. The van der Waals surface area contributed by atoms with E-state index < -0.39 is 0 Å². The van der Waals surface area contributed by atoms with Gasteiger partial charge in [-0.05, 0) is 18.1 Å². The van der Waals surface area contributed by atoms with Gasteiger partial charge in [0.15, 0.2) is 5.13 Å². The van der Waals surface area contributed by atoms with Crippen LogP contribution in [0.2, 0.25) is 0 Å². The van der Waals surface area contributed by atoms with Crippen LogP contribution in [-0.2, 0) is 24.3 Å². The van der Waals surface area contributed by atoms with E-state index in [4.69, 9.17) is 9.15 Å². The van der Waals surface area contributed by atoms with Gasteiger partial charge in [-0.2, -0.15) is 0 Å². The molecule has 7 heteroatoms. The number of thiazole rings is 1. The third kappa shape index (κ3) is 3.49. The number of rotatable bonds is 4. The molecule has 2 amide bonds. The molecule has 2 aromatic heterocycles. The van der Waals surface area contributed by atoms with Crippen LogP contribution in [0.25, 0.3) is 11.3 Å². The number of anilines is 1. The first kappa shape index (κ1) is 16.8. The third-order valence-corrected chi connectivity index (χ3v) is 5.09. The van der Waals surface area contributed by atoms with Crippen LogP contribution in [0.5, 0.6) is 0 Å². The van der Waals surface area contributed by atoms with Gasteiger partial charge < -0.3 is 14.1 Å². The summed E-state index contributed by atoms with van der Waals surface area (Å²) >= 11 is 1.40. The Morgan fingerprint density at radius 1 is 1.38 bits per heavy atom. The van der Waals surface area contributed by atoms with Crippen LogP contribution < -0.4 is 5.32 Å². The fourth-order valence-electron chi connectivity index (χ4n) is 2.99. The number of hydrogen-bond donors (Lipinski definition) is 1. The average Bonchev–Trinajstić information content (AvgIpc) is 3.28. The third-order valence-electron chi connectivity index (χ3n) is 4.29. The summed E-state index contributed by atoms with van der Waals surface area (Å²) in [5, 5.41) is 5.32. The fourth-order valence-corrected chi connectivity index (χ4v) is 3.67. The molecule has 0 atom stereocenters. The molecule has 3 heterocycles. The highest BCUT2D eigenvalue weighted by Gasteiger charge is 2.25. The minimum absolute atomic E-state index is 0.161. The van der Waals surface area contributed by atoms with E-state index in [1.54, 1.807) is 12.0 Å². The predicted octanol–water partition coefficient (Wildman–Crippen LogP) is 4.14. The van der Waals surface area contributed by atoms with Gasteiger partial charge >= 0.3 is 6.03 Å². The summed E-state index contributed by atoms with van der Waals surface area (Å²) < 4.78 is 11.1. The molecule has 1 aromatic carbocycles. The topological polar surface area (TPSA) is 67.6 Å². The SMILES string of the molecule is COCc1csc(NC(=O)N2CCc3cc(-c4ccccc4)oc3C2)n1. The van der Waals surface area contributed by atoms with Crippen LogP contribution in [0.1, 0.15) is 17.0 Å². The van der Waals surface area contributed by atoms with Crippen molar-refractivity contribution in [3.8, 4) is 11.3 Å². The maximum Gasteiger partial charge on any atom is 0.324 e. The Labute approximate surface area is 155 Å². The Bertz CT molecular complexity index is 904. The van der Waals surface area contributed by atoms with E-state index in [9.17, 15) is 4.79 Å². The predicted molar refractivity (Wildman–Crippen MR) is 100 cm³/mol. The van der Waals surface area contributed by atoms with E-state index in [0.29, 0.717) is 24.8 Å². The number of nitrogens with zero attached hydrogens (tertiary/aromatic N) is 2. The first-order chi connectivity index (χ1) is 12.7. The van der Waals surface area contributed by atoms with Crippen molar-refractivity contribution in [1.82, 2.24) is 9.88 Å². The second-order valence-electron chi connectivity index (χ2n) is 6.10. The van der Waals surface area contributed by atoms with Crippen LogP contribution >= 0.6 is 11.3 Å². The van der Waals surface area contributed by atoms with Crippen molar-refractivity contribution in [2.24, 2.45) is 0 Å². The largest absolute Gasteiger partial charge is 0.459 e. The van der Waals surface area contributed by atoms with Crippen molar-refractivity contribution in [2.45, 2.75) is 19.6 Å². The zero-order valence-corrected chi connectivity index (χ0v) is 15.2. The number of aromatic nitrogens is 1. The van der Waals surface area contributed by atoms with Gasteiger partial charge in [-0.15, -0.1) is 11.3 Å².